The van der Waals surface area contributed by atoms with Gasteiger partial charge in [0.2, 0.25) is 0 Å². The van der Waals surface area contributed by atoms with Crippen LogP contribution < -0.4 is 0 Å². The Morgan fingerprint density at radius 2 is 1.66 bits per heavy atom. The number of fused-ring (bicyclic) bond motifs is 6. The van der Waals surface area contributed by atoms with Crippen molar-refractivity contribution >= 4 is 55.8 Å². The molecule has 6 rings (SSSR count). The smallest absolute Gasteiger partial charge is 0.146 e. The fourth-order valence-electron chi connectivity index (χ4n) is 4.57. The minimum atomic E-state index is 0.717. The number of hydrogen-bond acceptors (Lipinski definition) is 3. The molecule has 0 amide bonds. The molecule has 0 radical (unpaired) electrons. The lowest BCUT2D eigenvalue weighted by atomic mass is 10.2. The van der Waals surface area contributed by atoms with Gasteiger partial charge in [-0.3, -0.25) is 9.55 Å². The fourth-order valence-corrected chi connectivity index (χ4v) is 4.57. The average molecular weight is 413 g/mol. The van der Waals surface area contributed by atoms with Crippen LogP contribution in [0.4, 0.5) is 0 Å². The third-order valence-electron chi connectivity index (χ3n) is 5.87. The van der Waals surface area contributed by atoms with Crippen molar-refractivity contribution in [2.45, 2.75) is 0 Å². The van der Waals surface area contributed by atoms with Crippen LogP contribution in [0.25, 0.3) is 55.3 Å². The van der Waals surface area contributed by atoms with Gasteiger partial charge in [0, 0.05) is 28.6 Å². The molecule has 6 aromatic rings. The van der Waals surface area contributed by atoms with Gasteiger partial charge in [-0.25, -0.2) is 4.98 Å². The van der Waals surface area contributed by atoms with Gasteiger partial charge >= 0.3 is 0 Å². The minimum absolute atomic E-state index is 0.717. The number of nitrogens with zero attached hydrogens (tertiary/aromatic N) is 4. The van der Waals surface area contributed by atoms with Crippen molar-refractivity contribution in [3.63, 3.8) is 0 Å². The summed E-state index contributed by atoms with van der Waals surface area (Å²) in [5.41, 5.74) is 6.58. The lowest BCUT2D eigenvalue weighted by Gasteiger charge is -2.08. The number of pyridine rings is 2. The van der Waals surface area contributed by atoms with Crippen molar-refractivity contribution < 1.29 is 0 Å². The van der Waals surface area contributed by atoms with E-state index < -0.39 is 0 Å². The third kappa shape index (κ3) is 2.48. The first-order valence-corrected chi connectivity index (χ1v) is 10.4. The van der Waals surface area contributed by atoms with E-state index in [4.69, 9.17) is 10.4 Å². The van der Waals surface area contributed by atoms with Gasteiger partial charge in [0.15, 0.2) is 0 Å². The van der Waals surface area contributed by atoms with Crippen molar-refractivity contribution in [2.24, 2.45) is 0 Å². The van der Waals surface area contributed by atoms with Crippen LogP contribution in [-0.4, -0.2) is 25.3 Å². The Hall–Kier alpha value is -4.51. The number of allylic oxidation sites excluding steroid dienone is 3. The molecule has 0 fully saturated rings. The molecule has 0 aliphatic carbocycles. The molecular formula is C27H19N5. The number of aromatic nitrogens is 4. The maximum atomic E-state index is 8.00. The molecule has 4 heterocycles. The van der Waals surface area contributed by atoms with Crippen molar-refractivity contribution in [2.75, 3.05) is 0 Å². The Kier molecular flexibility index (Phi) is 4.01. The largest absolute Gasteiger partial charge is 0.307 e. The van der Waals surface area contributed by atoms with E-state index in [1.165, 1.54) is 6.21 Å². The summed E-state index contributed by atoms with van der Waals surface area (Å²) < 4.78 is 4.25. The topological polar surface area (TPSA) is 59.5 Å². The van der Waals surface area contributed by atoms with Gasteiger partial charge in [-0.2, -0.15) is 0 Å². The lowest BCUT2D eigenvalue weighted by molar-refractivity contribution is 1.14. The molecule has 0 saturated carbocycles. The van der Waals surface area contributed by atoms with Crippen LogP contribution in [0.2, 0.25) is 0 Å². The summed E-state index contributed by atoms with van der Waals surface area (Å²) in [7, 11) is 0. The highest BCUT2D eigenvalue weighted by atomic mass is 15.1. The average Bonchev–Trinajstić information content (AvgIpc) is 3.34. The number of benzene rings is 2. The first-order valence-electron chi connectivity index (χ1n) is 10.4. The van der Waals surface area contributed by atoms with Gasteiger partial charge < -0.3 is 9.98 Å². The van der Waals surface area contributed by atoms with Gasteiger partial charge in [-0.15, -0.1) is 0 Å². The van der Waals surface area contributed by atoms with E-state index in [2.05, 4.69) is 52.5 Å². The Morgan fingerprint density at radius 1 is 0.875 bits per heavy atom. The molecule has 1 N–H and O–H groups in total. The molecule has 5 heteroatoms. The normalized spacial score (nSPS) is 12.2. The van der Waals surface area contributed by atoms with Crippen molar-refractivity contribution in [3.8, 4) is 5.69 Å². The molecular weight excluding hydrogens is 394 g/mol. The van der Waals surface area contributed by atoms with Crippen molar-refractivity contribution in [1.29, 1.82) is 5.41 Å². The summed E-state index contributed by atoms with van der Waals surface area (Å²) >= 11 is 0. The van der Waals surface area contributed by atoms with E-state index in [0.29, 0.717) is 5.70 Å². The summed E-state index contributed by atoms with van der Waals surface area (Å²) in [6.45, 7) is 3.82. The first kappa shape index (κ1) is 18.3. The third-order valence-corrected chi connectivity index (χ3v) is 5.87. The van der Waals surface area contributed by atoms with Gasteiger partial charge in [-0.1, -0.05) is 49.1 Å². The zero-order valence-electron chi connectivity index (χ0n) is 17.2. The van der Waals surface area contributed by atoms with E-state index in [9.17, 15) is 0 Å². The molecule has 0 unspecified atom stereocenters. The first-order chi connectivity index (χ1) is 15.8. The number of para-hydroxylation sites is 2. The Balaban J connectivity index is 1.85. The van der Waals surface area contributed by atoms with Crippen LogP contribution >= 0.6 is 0 Å². The molecule has 0 bridgehead atoms. The molecule has 32 heavy (non-hydrogen) atoms. The molecule has 0 saturated heterocycles. The van der Waals surface area contributed by atoms with Gasteiger partial charge in [-0.05, 0) is 36.4 Å². The van der Waals surface area contributed by atoms with Crippen molar-refractivity contribution in [3.05, 3.63) is 97.9 Å². The predicted octanol–water partition coefficient (Wildman–Crippen LogP) is 6.36. The molecule has 5 nitrogen and oxygen atoms in total. The van der Waals surface area contributed by atoms with Crippen molar-refractivity contribution in [1.82, 2.24) is 19.1 Å². The molecule has 0 aliphatic rings. The zero-order valence-corrected chi connectivity index (χ0v) is 17.2. The second-order valence-electron chi connectivity index (χ2n) is 7.62. The summed E-state index contributed by atoms with van der Waals surface area (Å²) in [5.74, 6) is 0. The van der Waals surface area contributed by atoms with Crippen LogP contribution in [0.1, 0.15) is 0 Å². The highest BCUT2D eigenvalue weighted by molar-refractivity contribution is 6.18. The van der Waals surface area contributed by atoms with Crippen LogP contribution in [0.5, 0.6) is 0 Å². The monoisotopic (exact) mass is 413 g/mol. The Bertz CT molecular complexity index is 1700. The second kappa shape index (κ2) is 7.03. The lowest BCUT2D eigenvalue weighted by Crippen LogP contribution is -1.99. The molecule has 0 atom stereocenters. The summed E-state index contributed by atoms with van der Waals surface area (Å²) in [5, 5.41) is 11.2. The maximum absolute atomic E-state index is 8.00. The second-order valence-corrected chi connectivity index (χ2v) is 7.62. The molecule has 152 valence electrons. The number of nitrogens with one attached hydrogen (secondary N) is 1. The SMILES string of the molecule is C=C/C=C(\C=N)n1c2ccccc2c2cc3c(nc21)c1ccccc1n3-c1cccnc1. The molecule has 2 aromatic carbocycles. The standard InChI is InChI=1S/C27H19N5/c1-2-8-18(16-28)32-23-12-5-3-10-20(23)22-15-25-26(30-27(22)32)21-11-4-6-13-24(21)31(25)19-9-7-14-29-17-19/h2-17,28H,1H2/b18-8+,28-16?. The predicted molar refractivity (Wildman–Crippen MR) is 133 cm³/mol. The Labute approximate surface area is 184 Å². The minimum Gasteiger partial charge on any atom is -0.307 e. The summed E-state index contributed by atoms with van der Waals surface area (Å²) in [6, 6.07) is 22.7. The summed E-state index contributed by atoms with van der Waals surface area (Å²) in [4.78, 5) is 9.52. The quantitative estimate of drug-likeness (QED) is 0.270. The van der Waals surface area contributed by atoms with Gasteiger partial charge in [0.1, 0.15) is 5.65 Å². The Morgan fingerprint density at radius 3 is 2.41 bits per heavy atom. The maximum Gasteiger partial charge on any atom is 0.146 e. The fraction of sp³-hybridized carbons (Fsp3) is 0. The van der Waals surface area contributed by atoms with Crippen LogP contribution in [0, 0.1) is 5.41 Å². The van der Waals surface area contributed by atoms with Gasteiger partial charge in [0.25, 0.3) is 0 Å². The van der Waals surface area contributed by atoms with Crippen LogP contribution in [-0.2, 0) is 0 Å². The van der Waals surface area contributed by atoms with E-state index in [1.807, 2.05) is 47.2 Å². The van der Waals surface area contributed by atoms with E-state index in [1.54, 1.807) is 12.3 Å². The van der Waals surface area contributed by atoms with E-state index in [0.717, 1.165) is 49.6 Å². The van der Waals surface area contributed by atoms with Crippen LogP contribution in [0.15, 0.2) is 97.9 Å². The summed E-state index contributed by atoms with van der Waals surface area (Å²) in [6.07, 6.45) is 8.54. The van der Waals surface area contributed by atoms with Crippen LogP contribution in [0.3, 0.4) is 0 Å². The zero-order chi connectivity index (χ0) is 21.7. The van der Waals surface area contributed by atoms with E-state index in [-0.39, 0.29) is 0 Å². The molecule has 0 spiro atoms. The highest BCUT2D eigenvalue weighted by Gasteiger charge is 2.19. The number of rotatable bonds is 4. The van der Waals surface area contributed by atoms with E-state index >= 15 is 0 Å². The highest BCUT2D eigenvalue weighted by Crippen LogP contribution is 2.37. The van der Waals surface area contributed by atoms with Gasteiger partial charge in [0.05, 0.1) is 39.6 Å². The molecule has 4 aromatic heterocycles. The number of hydrogen-bond donors (Lipinski definition) is 1. The molecule has 0 aliphatic heterocycles.